The summed E-state index contributed by atoms with van der Waals surface area (Å²) in [4.78, 5) is 25.9. The first-order valence-electron chi connectivity index (χ1n) is 15.2. The Morgan fingerprint density at radius 1 is 1.20 bits per heavy atom. The SMILES string of the molecule is CCC(C)(C)C(=O)O[C@H]1C[C@H]2C(O)O[C@]3(C=C[C@H](C)[C@H](CC[C@@H]4C[C@@H](O[Si](C)(C)C(C)(C)C)CC(=O)O4)[C@@H]13)[C@H]2Cl. The molecule has 1 saturated carbocycles. The first kappa shape index (κ1) is 32.0. The van der Waals surface area contributed by atoms with Crippen molar-refractivity contribution in [2.75, 3.05) is 0 Å². The predicted molar refractivity (Wildman–Crippen MR) is 157 cm³/mol. The Morgan fingerprint density at radius 3 is 2.50 bits per heavy atom. The Labute approximate surface area is 246 Å². The van der Waals surface area contributed by atoms with Crippen LogP contribution in [0.2, 0.25) is 18.1 Å². The van der Waals surface area contributed by atoms with Gasteiger partial charge in [0, 0.05) is 18.3 Å². The van der Waals surface area contributed by atoms with Crippen molar-refractivity contribution in [3.63, 3.8) is 0 Å². The van der Waals surface area contributed by atoms with Gasteiger partial charge in [0.05, 0.1) is 23.3 Å². The monoisotopic (exact) mass is 598 g/mol. The van der Waals surface area contributed by atoms with Gasteiger partial charge in [0.1, 0.15) is 17.8 Å². The first-order valence-corrected chi connectivity index (χ1v) is 18.5. The Hall–Kier alpha value is -0.933. The van der Waals surface area contributed by atoms with Gasteiger partial charge in [0.25, 0.3) is 0 Å². The zero-order valence-corrected chi connectivity index (χ0v) is 27.6. The molecule has 1 unspecified atom stereocenters. The molecule has 2 heterocycles. The van der Waals surface area contributed by atoms with Gasteiger partial charge in [-0.3, -0.25) is 9.59 Å². The lowest BCUT2D eigenvalue weighted by Crippen LogP contribution is -2.59. The normalized spacial score (nSPS) is 40.0. The fourth-order valence-corrected chi connectivity index (χ4v) is 8.62. The average molecular weight is 599 g/mol. The number of carbonyl (C=O) groups is 2. The third-order valence-corrected chi connectivity index (χ3v) is 15.9. The van der Waals surface area contributed by atoms with Crippen molar-refractivity contribution in [1.82, 2.24) is 0 Å². The fraction of sp³-hybridized carbons (Fsp3) is 0.871. The maximum absolute atomic E-state index is 13.2. The van der Waals surface area contributed by atoms with E-state index < -0.39 is 37.1 Å². The van der Waals surface area contributed by atoms with Crippen LogP contribution >= 0.6 is 11.6 Å². The van der Waals surface area contributed by atoms with Gasteiger partial charge >= 0.3 is 11.9 Å². The zero-order valence-electron chi connectivity index (χ0n) is 25.9. The number of fused-ring (bicyclic) bond motifs is 1. The number of rotatable bonds is 8. The second kappa shape index (κ2) is 11.3. The molecular weight excluding hydrogens is 548 g/mol. The Kier molecular flexibility index (Phi) is 9.03. The molecule has 2 aliphatic heterocycles. The largest absolute Gasteiger partial charge is 0.462 e. The summed E-state index contributed by atoms with van der Waals surface area (Å²) in [5, 5.41) is 10.5. The fourth-order valence-electron chi connectivity index (χ4n) is 6.76. The van der Waals surface area contributed by atoms with Crippen molar-refractivity contribution >= 4 is 31.9 Å². The number of aliphatic hydroxyl groups is 1. The van der Waals surface area contributed by atoms with Crippen LogP contribution in [0.3, 0.4) is 0 Å². The van der Waals surface area contributed by atoms with E-state index in [-0.39, 0.29) is 52.9 Å². The molecule has 2 saturated heterocycles. The molecule has 4 aliphatic rings. The molecule has 2 aliphatic carbocycles. The molecule has 4 rings (SSSR count). The number of aliphatic hydroxyl groups excluding tert-OH is 1. The lowest BCUT2D eigenvalue weighted by atomic mass is 9.59. The smallest absolute Gasteiger partial charge is 0.311 e. The summed E-state index contributed by atoms with van der Waals surface area (Å²) in [5.74, 6) is -0.711. The summed E-state index contributed by atoms with van der Waals surface area (Å²) in [7, 11) is -2.03. The lowest BCUT2D eigenvalue weighted by molar-refractivity contribution is -0.182. The number of halogens is 1. The van der Waals surface area contributed by atoms with E-state index in [1.54, 1.807) is 0 Å². The number of cyclic esters (lactones) is 1. The summed E-state index contributed by atoms with van der Waals surface area (Å²) in [6.07, 6.45) is 5.89. The number of esters is 2. The molecule has 7 nitrogen and oxygen atoms in total. The molecule has 9 heteroatoms. The van der Waals surface area contributed by atoms with E-state index in [1.807, 2.05) is 26.8 Å². The van der Waals surface area contributed by atoms with E-state index in [1.165, 1.54) is 0 Å². The highest BCUT2D eigenvalue weighted by molar-refractivity contribution is 6.74. The van der Waals surface area contributed by atoms with Gasteiger partial charge in [0.2, 0.25) is 0 Å². The molecule has 0 aromatic carbocycles. The van der Waals surface area contributed by atoms with Crippen LogP contribution in [0.15, 0.2) is 12.2 Å². The van der Waals surface area contributed by atoms with Crippen molar-refractivity contribution in [3.8, 4) is 0 Å². The Morgan fingerprint density at radius 2 is 1.88 bits per heavy atom. The molecule has 3 fully saturated rings. The number of carbonyl (C=O) groups excluding carboxylic acids is 2. The minimum absolute atomic E-state index is 0.0591. The first-order chi connectivity index (χ1) is 18.4. The quantitative estimate of drug-likeness (QED) is 0.150. The van der Waals surface area contributed by atoms with E-state index >= 15 is 0 Å². The molecule has 1 spiro atoms. The molecule has 228 valence electrons. The second-order valence-electron chi connectivity index (χ2n) is 14.9. The predicted octanol–water partition coefficient (Wildman–Crippen LogP) is 6.36. The molecule has 2 bridgehead atoms. The number of ether oxygens (including phenoxy) is 3. The van der Waals surface area contributed by atoms with Crippen molar-refractivity contribution in [2.24, 2.45) is 29.1 Å². The van der Waals surface area contributed by atoms with Crippen LogP contribution in [0.25, 0.3) is 0 Å². The van der Waals surface area contributed by atoms with E-state index in [4.69, 9.17) is 30.2 Å². The zero-order chi connectivity index (χ0) is 29.8. The highest BCUT2D eigenvalue weighted by Crippen LogP contribution is 2.58. The van der Waals surface area contributed by atoms with Crippen LogP contribution in [0, 0.1) is 29.1 Å². The minimum Gasteiger partial charge on any atom is -0.462 e. The standard InChI is InChI=1S/C31H51ClO7Si/c1-10-30(6,7)28(35)37-23-17-22-26(32)31(38-27(22)34)14-13-18(2)21(25(23)31)12-11-19-15-20(16-24(33)36-19)39-40(8,9)29(3,4)5/h13-14,18-23,25-27,34H,10-12,15-17H2,1-9H3/t18-,19+,20+,21-,22+,23-,25-,26-,27?,31-/m0/s1. The number of alkyl halides is 1. The third kappa shape index (κ3) is 5.94. The third-order valence-electron chi connectivity index (χ3n) is 10.7. The Bertz CT molecular complexity index is 991. The summed E-state index contributed by atoms with van der Waals surface area (Å²) >= 11 is 7.00. The van der Waals surface area contributed by atoms with E-state index in [2.05, 4.69) is 46.9 Å². The van der Waals surface area contributed by atoms with Gasteiger partial charge in [-0.1, -0.05) is 46.8 Å². The minimum atomic E-state index is -2.03. The van der Waals surface area contributed by atoms with Gasteiger partial charge in [-0.25, -0.2) is 0 Å². The lowest BCUT2D eigenvalue weighted by Gasteiger charge is -2.52. The van der Waals surface area contributed by atoms with Gasteiger partial charge in [-0.15, -0.1) is 11.6 Å². The number of hydrogen-bond donors (Lipinski definition) is 1. The average Bonchev–Trinajstić information content (AvgIpc) is 2.98. The van der Waals surface area contributed by atoms with E-state index in [0.717, 1.165) is 6.42 Å². The maximum Gasteiger partial charge on any atom is 0.311 e. The molecule has 0 aromatic rings. The van der Waals surface area contributed by atoms with Crippen LogP contribution in [0.1, 0.15) is 87.0 Å². The van der Waals surface area contributed by atoms with Crippen LogP contribution in [-0.2, 0) is 28.2 Å². The van der Waals surface area contributed by atoms with Gasteiger partial charge in [-0.2, -0.15) is 0 Å². The molecule has 40 heavy (non-hydrogen) atoms. The van der Waals surface area contributed by atoms with E-state index in [0.29, 0.717) is 32.1 Å². The summed E-state index contributed by atoms with van der Waals surface area (Å²) in [6.45, 7) is 19.0. The topological polar surface area (TPSA) is 91.3 Å². The van der Waals surface area contributed by atoms with Crippen molar-refractivity contribution in [3.05, 3.63) is 12.2 Å². The second-order valence-corrected chi connectivity index (χ2v) is 20.1. The molecule has 1 N–H and O–H groups in total. The van der Waals surface area contributed by atoms with Crippen molar-refractivity contribution in [1.29, 1.82) is 0 Å². The molecule has 0 radical (unpaired) electrons. The van der Waals surface area contributed by atoms with Crippen molar-refractivity contribution < 1.29 is 33.3 Å². The van der Waals surface area contributed by atoms with Crippen LogP contribution < -0.4 is 0 Å². The van der Waals surface area contributed by atoms with Gasteiger partial charge in [-0.05, 0) is 69.5 Å². The highest BCUT2D eigenvalue weighted by Gasteiger charge is 2.66. The molecule has 0 amide bonds. The van der Waals surface area contributed by atoms with Crippen LogP contribution in [-0.4, -0.2) is 60.9 Å². The highest BCUT2D eigenvalue weighted by atomic mass is 35.5. The number of hydrogen-bond acceptors (Lipinski definition) is 7. The number of allylic oxidation sites excluding steroid dienone is 1. The van der Waals surface area contributed by atoms with Crippen LogP contribution in [0.4, 0.5) is 0 Å². The Balaban J connectivity index is 1.54. The summed E-state index contributed by atoms with van der Waals surface area (Å²) < 4.78 is 24.9. The maximum atomic E-state index is 13.2. The van der Waals surface area contributed by atoms with Gasteiger partial charge < -0.3 is 23.7 Å². The molecule has 10 atom stereocenters. The van der Waals surface area contributed by atoms with Crippen LogP contribution in [0.5, 0.6) is 0 Å². The summed E-state index contributed by atoms with van der Waals surface area (Å²) in [5.41, 5.74) is -1.51. The summed E-state index contributed by atoms with van der Waals surface area (Å²) in [6, 6.07) is 0. The molecule has 0 aromatic heterocycles. The molecular formula is C31H51ClO7Si. The van der Waals surface area contributed by atoms with Gasteiger partial charge in [0.15, 0.2) is 14.6 Å². The van der Waals surface area contributed by atoms with Crippen molar-refractivity contribution in [2.45, 2.75) is 141 Å². The van der Waals surface area contributed by atoms with E-state index in [9.17, 15) is 14.7 Å².